The topological polar surface area (TPSA) is 23.5 Å². The van der Waals surface area contributed by atoms with Crippen LogP contribution in [0.25, 0.3) is 0 Å². The molecule has 0 fully saturated rings. The van der Waals surface area contributed by atoms with Crippen molar-refractivity contribution in [2.24, 2.45) is 0 Å². The van der Waals surface area contributed by atoms with Gasteiger partial charge in [0.15, 0.2) is 0 Å². The molecule has 0 heterocycles. The molecule has 0 aliphatic carbocycles. The van der Waals surface area contributed by atoms with Crippen LogP contribution in [0, 0.1) is 0 Å². The van der Waals surface area contributed by atoms with E-state index in [4.69, 9.17) is 105 Å². The van der Waals surface area contributed by atoms with Gasteiger partial charge in [0.2, 0.25) is 0 Å². The highest BCUT2D eigenvalue weighted by Crippen LogP contribution is 2.44. The number of hydrogen-bond donors (Lipinski definition) is 1. The molecule has 0 aliphatic rings. The van der Waals surface area contributed by atoms with Crippen molar-refractivity contribution in [1.82, 2.24) is 0 Å². The van der Waals surface area contributed by atoms with E-state index in [1.54, 1.807) is 6.92 Å². The highest BCUT2D eigenvalue weighted by Gasteiger charge is 2.38. The summed E-state index contributed by atoms with van der Waals surface area (Å²) in [7, 11) is 0. The van der Waals surface area contributed by atoms with Gasteiger partial charge in [-0.25, -0.2) is 0 Å². The van der Waals surface area contributed by atoms with E-state index in [2.05, 4.69) is 41.3 Å². The third-order valence-electron chi connectivity index (χ3n) is 7.07. The van der Waals surface area contributed by atoms with Gasteiger partial charge in [0.25, 0.3) is 0 Å². The summed E-state index contributed by atoms with van der Waals surface area (Å²) < 4.78 is 0. The smallest absolute Gasteiger partial charge is 0.348 e. The van der Waals surface area contributed by atoms with Gasteiger partial charge in [-0.3, -0.25) is 0 Å². The molecule has 3 aromatic carbocycles. The highest BCUT2D eigenvalue weighted by molar-refractivity contribution is 7.66. The lowest BCUT2D eigenvalue weighted by atomic mass is 10.1. The minimum Gasteiger partial charge on any atom is -0.397 e. The Bertz CT molecular complexity index is 1090. The van der Waals surface area contributed by atoms with E-state index in [-0.39, 0.29) is 23.2 Å². The van der Waals surface area contributed by atoms with E-state index < -0.39 is 18.0 Å². The SMILES string of the molecule is CCC(c1ccc(N(c2ccc(C(CC)[Si](Cl)(Cl)Cl)cc2)c2ccc(C(CC)[Si](Cl)(Cl)Cl)cc2)cc1)[Si](Cl)(Cl)Cl.CCO. The number of anilines is 3. The van der Waals surface area contributed by atoms with Gasteiger partial charge in [0.05, 0.1) is 0 Å². The molecule has 3 aromatic rings. The maximum Gasteiger partial charge on any atom is 0.348 e. The van der Waals surface area contributed by atoms with Crippen molar-refractivity contribution in [2.45, 2.75) is 63.6 Å². The van der Waals surface area contributed by atoms with Crippen molar-refractivity contribution in [3.05, 3.63) is 89.5 Å². The number of aliphatic hydroxyl groups excluding tert-OH is 1. The van der Waals surface area contributed by atoms with Crippen LogP contribution in [0.15, 0.2) is 72.8 Å². The second-order valence-corrected chi connectivity index (χ2v) is 36.6. The molecule has 0 bridgehead atoms. The number of hydrogen-bond acceptors (Lipinski definition) is 2. The second kappa shape index (κ2) is 17.7. The van der Waals surface area contributed by atoms with Crippen LogP contribution in [-0.2, 0) is 0 Å². The molecule has 2 nitrogen and oxygen atoms in total. The summed E-state index contributed by atoms with van der Waals surface area (Å²) in [6.07, 6.45) is 2.26. The zero-order valence-electron chi connectivity index (χ0n) is 24.3. The molecule has 238 valence electrons. The lowest BCUT2D eigenvalue weighted by Crippen LogP contribution is -2.23. The number of aliphatic hydroxyl groups is 1. The summed E-state index contributed by atoms with van der Waals surface area (Å²) in [5, 5.41) is 7.57. The van der Waals surface area contributed by atoms with Crippen LogP contribution in [0.5, 0.6) is 0 Å². The first-order valence-electron chi connectivity index (χ1n) is 13.9. The van der Waals surface area contributed by atoms with Crippen molar-refractivity contribution in [1.29, 1.82) is 0 Å². The van der Waals surface area contributed by atoms with Crippen molar-refractivity contribution < 1.29 is 5.11 Å². The number of rotatable bonds is 12. The Balaban J connectivity index is 0.00000206. The monoisotopic (exact) mass is 813 g/mol. The molecular weight excluding hydrogens is 782 g/mol. The fraction of sp³-hybridized carbons (Fsp3) is 0.379. The minimum atomic E-state index is -2.93. The molecule has 3 unspecified atom stereocenters. The largest absolute Gasteiger partial charge is 0.397 e. The van der Waals surface area contributed by atoms with Gasteiger partial charge in [-0.15, -0.1) is 99.7 Å². The molecule has 43 heavy (non-hydrogen) atoms. The first-order valence-corrected chi connectivity index (χ1v) is 29.3. The molecule has 0 spiro atoms. The van der Waals surface area contributed by atoms with Crippen LogP contribution in [-0.4, -0.2) is 29.7 Å². The van der Waals surface area contributed by atoms with E-state index in [9.17, 15) is 0 Å². The Kier molecular flexibility index (Phi) is 16.4. The predicted octanol–water partition coefficient (Wildman–Crippen LogP) is 13.2. The fourth-order valence-corrected chi connectivity index (χ4v) is 15.7. The summed E-state index contributed by atoms with van der Waals surface area (Å²) in [5.74, 6) is 0. The van der Waals surface area contributed by atoms with Crippen LogP contribution < -0.4 is 4.90 Å². The summed E-state index contributed by atoms with van der Waals surface area (Å²) in [4.78, 5) is 2.16. The summed E-state index contributed by atoms with van der Waals surface area (Å²) in [6.45, 7) is 8.04. The van der Waals surface area contributed by atoms with Crippen molar-refractivity contribution >= 4 is 135 Å². The molecule has 0 radical (unpaired) electrons. The van der Waals surface area contributed by atoms with Gasteiger partial charge < -0.3 is 10.0 Å². The van der Waals surface area contributed by atoms with E-state index in [1.807, 2.05) is 57.2 Å². The Morgan fingerprint density at radius 1 is 0.465 bits per heavy atom. The van der Waals surface area contributed by atoms with Crippen LogP contribution in [0.4, 0.5) is 17.1 Å². The lowest BCUT2D eigenvalue weighted by molar-refractivity contribution is 0.318. The van der Waals surface area contributed by atoms with Gasteiger partial charge in [-0.2, -0.15) is 0 Å². The molecule has 1 N–H and O–H groups in total. The summed E-state index contributed by atoms with van der Waals surface area (Å²) in [6, 6.07) is 15.8. The Labute approximate surface area is 301 Å². The molecule has 3 rings (SSSR count). The lowest BCUT2D eigenvalue weighted by Gasteiger charge is -2.28. The summed E-state index contributed by atoms with van der Waals surface area (Å²) >= 11 is 57.6. The maximum atomic E-state index is 7.57. The quantitative estimate of drug-likeness (QED) is 0.145. The van der Waals surface area contributed by atoms with Gasteiger partial charge in [0.1, 0.15) is 0 Å². The van der Waals surface area contributed by atoms with Crippen LogP contribution >= 0.6 is 99.7 Å². The van der Waals surface area contributed by atoms with Crippen molar-refractivity contribution in [2.75, 3.05) is 11.5 Å². The minimum absolute atomic E-state index is 0.0901. The third kappa shape index (κ3) is 11.4. The Hall–Kier alpha value is 0.681. The molecule has 3 atom stereocenters. The first-order chi connectivity index (χ1) is 20.0. The number of benzene rings is 3. The second-order valence-electron chi connectivity index (χ2n) is 9.93. The zero-order chi connectivity index (χ0) is 32.6. The third-order valence-corrected chi connectivity index (χ3v) is 18.8. The normalized spacial score (nSPS) is 14.4. The van der Waals surface area contributed by atoms with Crippen LogP contribution in [0.3, 0.4) is 0 Å². The van der Waals surface area contributed by atoms with E-state index in [0.717, 1.165) is 53.0 Å². The Morgan fingerprint density at radius 3 is 0.791 bits per heavy atom. The van der Waals surface area contributed by atoms with Gasteiger partial charge in [0, 0.05) is 40.3 Å². The summed E-state index contributed by atoms with van der Waals surface area (Å²) in [5.41, 5.74) is 5.64. The maximum absolute atomic E-state index is 7.57. The molecule has 14 heteroatoms. The molecule has 0 amide bonds. The average Bonchev–Trinajstić information content (AvgIpc) is 2.91. The standard InChI is InChI=1S/C27H30Cl9NSi3.C2H6O/c1-4-25(38(28,29)30)19-7-13-22(14-8-19)37(23-15-9-20(10-16-23)26(5-2)39(31,32)33)24-17-11-21(12-18-24)27(6-3)40(34,35)36;1-2-3/h7-18,25-27H,4-6H2,1-3H3;3H,2H2,1H3. The van der Waals surface area contributed by atoms with E-state index in [1.165, 1.54) is 0 Å². The van der Waals surface area contributed by atoms with Crippen molar-refractivity contribution in [3.8, 4) is 0 Å². The van der Waals surface area contributed by atoms with E-state index in [0.29, 0.717) is 0 Å². The van der Waals surface area contributed by atoms with E-state index >= 15 is 0 Å². The average molecular weight is 818 g/mol. The van der Waals surface area contributed by atoms with Gasteiger partial charge in [-0.05, 0) is 79.3 Å². The van der Waals surface area contributed by atoms with Gasteiger partial charge >= 0.3 is 18.0 Å². The molecular formula is C29H36Cl9NOSi3. The molecule has 0 aromatic heterocycles. The fourth-order valence-electron chi connectivity index (χ4n) is 4.98. The predicted molar refractivity (Wildman–Crippen MR) is 203 cm³/mol. The van der Waals surface area contributed by atoms with Crippen LogP contribution in [0.2, 0.25) is 0 Å². The molecule has 0 saturated carbocycles. The number of halogens is 9. The molecule has 0 aliphatic heterocycles. The Morgan fingerprint density at radius 2 is 0.651 bits per heavy atom. The zero-order valence-corrected chi connectivity index (χ0v) is 34.1. The molecule has 0 saturated heterocycles. The first kappa shape index (κ1) is 39.9. The van der Waals surface area contributed by atoms with Crippen molar-refractivity contribution in [3.63, 3.8) is 0 Å². The number of nitrogens with zero attached hydrogens (tertiary/aromatic N) is 1. The van der Waals surface area contributed by atoms with Gasteiger partial charge in [-0.1, -0.05) is 57.2 Å². The highest BCUT2D eigenvalue weighted by atomic mass is 35.9. The van der Waals surface area contributed by atoms with Crippen LogP contribution in [0.1, 0.15) is 80.3 Å².